The number of rotatable bonds is 12. The SMILES string of the molecule is CCCCCCC(CC(CCCC)C(=O)O)N(C)C. The van der Waals surface area contributed by atoms with E-state index in [1.165, 1.54) is 25.7 Å². The van der Waals surface area contributed by atoms with Crippen molar-refractivity contribution >= 4 is 5.97 Å². The predicted octanol–water partition coefficient (Wildman–Crippen LogP) is 4.17. The van der Waals surface area contributed by atoms with E-state index in [1.807, 2.05) is 0 Å². The number of carboxylic acids is 1. The molecule has 0 aromatic heterocycles. The molecule has 0 aromatic rings. The first kappa shape index (κ1) is 18.4. The second kappa shape index (κ2) is 11.3. The summed E-state index contributed by atoms with van der Waals surface area (Å²) in [5, 5.41) is 9.32. The minimum Gasteiger partial charge on any atom is -0.481 e. The zero-order valence-electron chi connectivity index (χ0n) is 13.3. The first-order valence-electron chi connectivity index (χ1n) is 7.92. The highest BCUT2D eigenvalue weighted by molar-refractivity contribution is 5.69. The summed E-state index contributed by atoms with van der Waals surface area (Å²) in [6.07, 6.45) is 9.88. The molecule has 3 heteroatoms. The second-order valence-corrected chi connectivity index (χ2v) is 5.88. The summed E-state index contributed by atoms with van der Waals surface area (Å²) in [5.74, 6) is -0.785. The first-order chi connectivity index (χ1) is 9.02. The lowest BCUT2D eigenvalue weighted by Gasteiger charge is -2.27. The zero-order valence-corrected chi connectivity index (χ0v) is 13.3. The molecule has 0 fully saturated rings. The monoisotopic (exact) mass is 271 g/mol. The molecule has 0 aliphatic carbocycles. The number of hydrogen-bond donors (Lipinski definition) is 1. The van der Waals surface area contributed by atoms with Crippen LogP contribution in [-0.4, -0.2) is 36.1 Å². The summed E-state index contributed by atoms with van der Waals surface area (Å²) in [6, 6.07) is 0.412. The van der Waals surface area contributed by atoms with Crippen molar-refractivity contribution in [3.8, 4) is 0 Å². The molecule has 2 unspecified atom stereocenters. The van der Waals surface area contributed by atoms with Gasteiger partial charge >= 0.3 is 5.97 Å². The Morgan fingerprint density at radius 2 is 1.63 bits per heavy atom. The summed E-state index contributed by atoms with van der Waals surface area (Å²) in [5.41, 5.74) is 0. The molecule has 114 valence electrons. The second-order valence-electron chi connectivity index (χ2n) is 5.88. The highest BCUT2D eigenvalue weighted by atomic mass is 16.4. The molecular formula is C16H33NO2. The minimum absolute atomic E-state index is 0.168. The predicted molar refractivity (Wildman–Crippen MR) is 81.5 cm³/mol. The van der Waals surface area contributed by atoms with Gasteiger partial charge in [0.05, 0.1) is 5.92 Å². The molecule has 0 rings (SSSR count). The summed E-state index contributed by atoms with van der Waals surface area (Å²) in [4.78, 5) is 13.5. The van der Waals surface area contributed by atoms with E-state index >= 15 is 0 Å². The maximum absolute atomic E-state index is 11.3. The number of unbranched alkanes of at least 4 members (excludes halogenated alkanes) is 4. The fourth-order valence-electron chi connectivity index (χ4n) is 2.51. The van der Waals surface area contributed by atoms with Crippen LogP contribution in [0.5, 0.6) is 0 Å². The van der Waals surface area contributed by atoms with Crippen LogP contribution in [0.3, 0.4) is 0 Å². The number of hydrogen-bond acceptors (Lipinski definition) is 2. The van der Waals surface area contributed by atoms with Crippen molar-refractivity contribution < 1.29 is 9.90 Å². The maximum Gasteiger partial charge on any atom is 0.306 e. The van der Waals surface area contributed by atoms with Crippen LogP contribution in [0, 0.1) is 5.92 Å². The summed E-state index contributed by atoms with van der Waals surface area (Å²) in [6.45, 7) is 4.34. The Kier molecular flexibility index (Phi) is 10.9. The Balaban J connectivity index is 4.23. The molecule has 0 spiro atoms. The van der Waals surface area contributed by atoms with E-state index in [-0.39, 0.29) is 5.92 Å². The fourth-order valence-corrected chi connectivity index (χ4v) is 2.51. The molecule has 0 heterocycles. The van der Waals surface area contributed by atoms with Crippen LogP contribution >= 0.6 is 0 Å². The summed E-state index contributed by atoms with van der Waals surface area (Å²) in [7, 11) is 4.15. The molecule has 1 N–H and O–H groups in total. The zero-order chi connectivity index (χ0) is 14.7. The van der Waals surface area contributed by atoms with Gasteiger partial charge in [-0.1, -0.05) is 52.4 Å². The van der Waals surface area contributed by atoms with Gasteiger partial charge in [0, 0.05) is 6.04 Å². The van der Waals surface area contributed by atoms with Crippen molar-refractivity contribution in [2.75, 3.05) is 14.1 Å². The molecule has 0 aliphatic heterocycles. The molecule has 0 aromatic carbocycles. The van der Waals surface area contributed by atoms with Crippen molar-refractivity contribution in [2.24, 2.45) is 5.92 Å². The Labute approximate surface area is 119 Å². The van der Waals surface area contributed by atoms with Gasteiger partial charge in [-0.25, -0.2) is 0 Å². The number of nitrogens with zero attached hydrogens (tertiary/aromatic N) is 1. The Morgan fingerprint density at radius 3 is 2.11 bits per heavy atom. The van der Waals surface area contributed by atoms with E-state index < -0.39 is 5.97 Å². The van der Waals surface area contributed by atoms with E-state index in [0.29, 0.717) is 6.04 Å². The van der Waals surface area contributed by atoms with Gasteiger partial charge in [0.15, 0.2) is 0 Å². The lowest BCUT2D eigenvalue weighted by atomic mass is 9.91. The van der Waals surface area contributed by atoms with Crippen molar-refractivity contribution in [1.29, 1.82) is 0 Å². The van der Waals surface area contributed by atoms with Crippen LogP contribution in [0.15, 0.2) is 0 Å². The maximum atomic E-state index is 11.3. The molecule has 0 bridgehead atoms. The van der Waals surface area contributed by atoms with Gasteiger partial charge in [0.2, 0.25) is 0 Å². The third-order valence-electron chi connectivity index (χ3n) is 3.93. The van der Waals surface area contributed by atoms with E-state index in [4.69, 9.17) is 0 Å². The molecule has 3 nitrogen and oxygen atoms in total. The largest absolute Gasteiger partial charge is 0.481 e. The Bertz CT molecular complexity index is 229. The van der Waals surface area contributed by atoms with E-state index in [1.54, 1.807) is 0 Å². The van der Waals surface area contributed by atoms with Gasteiger partial charge in [-0.2, -0.15) is 0 Å². The third kappa shape index (κ3) is 9.04. The molecule has 0 amide bonds. The van der Waals surface area contributed by atoms with Crippen molar-refractivity contribution in [2.45, 2.75) is 77.7 Å². The van der Waals surface area contributed by atoms with Crippen LogP contribution < -0.4 is 0 Å². The van der Waals surface area contributed by atoms with Crippen LogP contribution in [0.4, 0.5) is 0 Å². The van der Waals surface area contributed by atoms with Crippen LogP contribution in [0.2, 0.25) is 0 Å². The average Bonchev–Trinajstić information content (AvgIpc) is 2.36. The van der Waals surface area contributed by atoms with Crippen molar-refractivity contribution in [3.63, 3.8) is 0 Å². The van der Waals surface area contributed by atoms with Gasteiger partial charge in [-0.15, -0.1) is 0 Å². The highest BCUT2D eigenvalue weighted by Gasteiger charge is 2.23. The average molecular weight is 271 g/mol. The van der Waals surface area contributed by atoms with Crippen LogP contribution in [0.1, 0.15) is 71.6 Å². The fraction of sp³-hybridized carbons (Fsp3) is 0.938. The van der Waals surface area contributed by atoms with E-state index in [9.17, 15) is 9.90 Å². The van der Waals surface area contributed by atoms with Crippen molar-refractivity contribution in [1.82, 2.24) is 4.90 Å². The molecule has 2 atom stereocenters. The number of carboxylic acid groups (broad SMARTS) is 1. The van der Waals surface area contributed by atoms with E-state index in [2.05, 4.69) is 32.8 Å². The Morgan fingerprint density at radius 1 is 1.00 bits per heavy atom. The molecule has 0 saturated heterocycles. The lowest BCUT2D eigenvalue weighted by molar-refractivity contribution is -0.142. The summed E-state index contributed by atoms with van der Waals surface area (Å²) >= 11 is 0. The molecule has 19 heavy (non-hydrogen) atoms. The normalized spacial score (nSPS) is 14.6. The summed E-state index contributed by atoms with van der Waals surface area (Å²) < 4.78 is 0. The number of aliphatic carboxylic acids is 1. The molecular weight excluding hydrogens is 238 g/mol. The smallest absolute Gasteiger partial charge is 0.306 e. The first-order valence-corrected chi connectivity index (χ1v) is 7.92. The van der Waals surface area contributed by atoms with Gasteiger partial charge in [0.1, 0.15) is 0 Å². The van der Waals surface area contributed by atoms with Crippen LogP contribution in [0.25, 0.3) is 0 Å². The van der Waals surface area contributed by atoms with Crippen molar-refractivity contribution in [3.05, 3.63) is 0 Å². The third-order valence-corrected chi connectivity index (χ3v) is 3.93. The minimum atomic E-state index is -0.617. The van der Waals surface area contributed by atoms with Gasteiger partial charge < -0.3 is 10.0 Å². The lowest BCUT2D eigenvalue weighted by Crippen LogP contribution is -2.32. The topological polar surface area (TPSA) is 40.5 Å². The molecule has 0 saturated carbocycles. The van der Waals surface area contributed by atoms with E-state index in [0.717, 1.165) is 32.1 Å². The highest BCUT2D eigenvalue weighted by Crippen LogP contribution is 2.21. The quantitative estimate of drug-likeness (QED) is 0.542. The van der Waals surface area contributed by atoms with Gasteiger partial charge in [0.25, 0.3) is 0 Å². The number of carbonyl (C=O) groups is 1. The molecule has 0 aliphatic rings. The van der Waals surface area contributed by atoms with Gasteiger partial charge in [-0.05, 0) is 33.4 Å². The Hall–Kier alpha value is -0.570. The molecule has 0 radical (unpaired) electrons. The standard InChI is InChI=1S/C16H33NO2/c1-5-7-9-10-12-15(17(3)4)13-14(16(18)19)11-8-6-2/h14-15H,5-13H2,1-4H3,(H,18,19). The van der Waals surface area contributed by atoms with Gasteiger partial charge in [-0.3, -0.25) is 4.79 Å². The van der Waals surface area contributed by atoms with Crippen LogP contribution in [-0.2, 0) is 4.79 Å².